The molecule has 0 fully saturated rings. The molecule has 2 N–H and O–H groups in total. The number of amides is 1. The van der Waals surface area contributed by atoms with Crippen LogP contribution in [-0.4, -0.2) is 17.7 Å². The quantitative estimate of drug-likeness (QED) is 0.868. The number of carbonyl (C=O) groups is 1. The summed E-state index contributed by atoms with van der Waals surface area (Å²) in [5, 5.41) is 10.3. The summed E-state index contributed by atoms with van der Waals surface area (Å²) >= 11 is 3.31. The molecule has 0 heterocycles. The normalized spacial score (nSPS) is 9.07. The number of hydrogen-bond acceptors (Lipinski definition) is 1. The summed E-state index contributed by atoms with van der Waals surface area (Å²) in [6.45, 7) is 4.45. The Bertz CT molecular complexity index is 275. The Hall–Kier alpha value is -1.03. The standard InChI is InChI=1S/C6H5Br.C5H11NO2/c7-6-4-2-1-3-5-6;1-4(2)3-6-5(7)8/h1-5H;4,6H,3H2,1-2H3,(H,7,8). The van der Waals surface area contributed by atoms with Crippen molar-refractivity contribution in [3.05, 3.63) is 34.8 Å². The van der Waals surface area contributed by atoms with Crippen LogP contribution in [0.4, 0.5) is 4.79 Å². The lowest BCUT2D eigenvalue weighted by molar-refractivity contribution is 0.193. The van der Waals surface area contributed by atoms with Crippen LogP contribution in [0, 0.1) is 5.92 Å². The van der Waals surface area contributed by atoms with E-state index in [9.17, 15) is 4.79 Å². The first-order valence-corrected chi connectivity index (χ1v) is 5.49. The van der Waals surface area contributed by atoms with Crippen molar-refractivity contribution >= 4 is 22.0 Å². The molecular weight excluding hydrogens is 258 g/mol. The van der Waals surface area contributed by atoms with E-state index >= 15 is 0 Å². The van der Waals surface area contributed by atoms with Gasteiger partial charge in [-0.15, -0.1) is 0 Å². The monoisotopic (exact) mass is 273 g/mol. The van der Waals surface area contributed by atoms with E-state index in [0.29, 0.717) is 12.5 Å². The van der Waals surface area contributed by atoms with Crippen molar-refractivity contribution in [2.45, 2.75) is 13.8 Å². The average Bonchev–Trinajstić information content (AvgIpc) is 2.17. The Kier molecular flexibility index (Phi) is 7.72. The van der Waals surface area contributed by atoms with E-state index in [1.165, 1.54) is 0 Å². The number of rotatable bonds is 2. The maximum absolute atomic E-state index is 9.79. The molecule has 0 radical (unpaired) electrons. The van der Waals surface area contributed by atoms with Crippen LogP contribution in [0.2, 0.25) is 0 Å². The van der Waals surface area contributed by atoms with Crippen molar-refractivity contribution in [2.75, 3.05) is 6.54 Å². The molecule has 4 heteroatoms. The minimum Gasteiger partial charge on any atom is -0.465 e. The molecular formula is C11H16BrNO2. The topological polar surface area (TPSA) is 49.3 Å². The number of benzene rings is 1. The molecule has 3 nitrogen and oxygen atoms in total. The van der Waals surface area contributed by atoms with Crippen LogP contribution < -0.4 is 5.32 Å². The van der Waals surface area contributed by atoms with Crippen LogP contribution in [0.15, 0.2) is 34.8 Å². The van der Waals surface area contributed by atoms with Gasteiger partial charge >= 0.3 is 6.09 Å². The number of hydrogen-bond donors (Lipinski definition) is 2. The molecule has 0 aliphatic carbocycles. The van der Waals surface area contributed by atoms with Gasteiger partial charge in [0.05, 0.1) is 0 Å². The molecule has 0 unspecified atom stereocenters. The van der Waals surface area contributed by atoms with Crippen molar-refractivity contribution in [1.82, 2.24) is 5.32 Å². The van der Waals surface area contributed by atoms with Crippen LogP contribution in [0.1, 0.15) is 13.8 Å². The lowest BCUT2D eigenvalue weighted by Crippen LogP contribution is -2.24. The van der Waals surface area contributed by atoms with Crippen molar-refractivity contribution < 1.29 is 9.90 Å². The zero-order chi connectivity index (χ0) is 11.7. The third-order valence-corrected chi connectivity index (χ3v) is 1.92. The van der Waals surface area contributed by atoms with E-state index in [0.717, 1.165) is 4.47 Å². The molecule has 0 atom stereocenters. The first kappa shape index (κ1) is 14.0. The van der Waals surface area contributed by atoms with E-state index in [4.69, 9.17) is 5.11 Å². The molecule has 0 aromatic heterocycles. The van der Waals surface area contributed by atoms with Crippen molar-refractivity contribution in [1.29, 1.82) is 0 Å². The van der Waals surface area contributed by atoms with Gasteiger partial charge in [-0.25, -0.2) is 4.79 Å². The van der Waals surface area contributed by atoms with Crippen molar-refractivity contribution in [3.63, 3.8) is 0 Å². The van der Waals surface area contributed by atoms with Crippen LogP contribution >= 0.6 is 15.9 Å². The molecule has 1 aromatic rings. The van der Waals surface area contributed by atoms with Gasteiger partial charge in [0.15, 0.2) is 0 Å². The summed E-state index contributed by atoms with van der Waals surface area (Å²) in [7, 11) is 0. The Morgan fingerprint density at radius 1 is 1.40 bits per heavy atom. The van der Waals surface area contributed by atoms with E-state index in [1.807, 2.05) is 44.2 Å². The fourth-order valence-electron chi connectivity index (χ4n) is 0.706. The van der Waals surface area contributed by atoms with Crippen LogP contribution in [-0.2, 0) is 0 Å². The van der Waals surface area contributed by atoms with Gasteiger partial charge in [0.25, 0.3) is 0 Å². The predicted molar refractivity (Wildman–Crippen MR) is 65.0 cm³/mol. The highest BCUT2D eigenvalue weighted by Crippen LogP contribution is 2.05. The lowest BCUT2D eigenvalue weighted by atomic mass is 10.2. The fraction of sp³-hybridized carbons (Fsp3) is 0.364. The third kappa shape index (κ3) is 10.9. The predicted octanol–water partition coefficient (Wildman–Crippen LogP) is 3.36. The summed E-state index contributed by atoms with van der Waals surface area (Å²) in [6, 6.07) is 9.97. The van der Waals surface area contributed by atoms with Gasteiger partial charge in [0, 0.05) is 11.0 Å². The van der Waals surface area contributed by atoms with E-state index in [2.05, 4.69) is 21.2 Å². The van der Waals surface area contributed by atoms with Crippen LogP contribution in [0.3, 0.4) is 0 Å². The molecule has 84 valence electrons. The summed E-state index contributed by atoms with van der Waals surface area (Å²) in [5.74, 6) is 0.395. The smallest absolute Gasteiger partial charge is 0.404 e. The van der Waals surface area contributed by atoms with Crippen molar-refractivity contribution in [2.24, 2.45) is 5.92 Å². The maximum atomic E-state index is 9.79. The first-order valence-electron chi connectivity index (χ1n) is 4.69. The van der Waals surface area contributed by atoms with Gasteiger partial charge in [0.1, 0.15) is 0 Å². The number of carboxylic acid groups (broad SMARTS) is 1. The van der Waals surface area contributed by atoms with Gasteiger partial charge in [-0.05, 0) is 18.1 Å². The second-order valence-electron chi connectivity index (χ2n) is 3.38. The third-order valence-electron chi connectivity index (χ3n) is 1.39. The molecule has 15 heavy (non-hydrogen) atoms. The van der Waals surface area contributed by atoms with Gasteiger partial charge in [-0.3, -0.25) is 0 Å². The zero-order valence-electron chi connectivity index (χ0n) is 8.90. The number of nitrogens with one attached hydrogen (secondary N) is 1. The lowest BCUT2D eigenvalue weighted by Gasteiger charge is -2.01. The summed E-state index contributed by atoms with van der Waals surface area (Å²) in [5.41, 5.74) is 0. The highest BCUT2D eigenvalue weighted by atomic mass is 79.9. The second-order valence-corrected chi connectivity index (χ2v) is 4.29. The molecule has 0 aliphatic rings. The van der Waals surface area contributed by atoms with Crippen LogP contribution in [0.5, 0.6) is 0 Å². The molecule has 0 saturated carbocycles. The Morgan fingerprint density at radius 2 is 1.93 bits per heavy atom. The Labute approximate surface area is 98.6 Å². The fourth-order valence-corrected chi connectivity index (χ4v) is 1.01. The van der Waals surface area contributed by atoms with E-state index in [-0.39, 0.29) is 0 Å². The molecule has 0 aliphatic heterocycles. The number of halogens is 1. The molecule has 0 spiro atoms. The van der Waals surface area contributed by atoms with Gasteiger partial charge in [-0.1, -0.05) is 48.0 Å². The minimum atomic E-state index is -0.946. The molecule has 0 bridgehead atoms. The Balaban J connectivity index is 0.000000262. The SMILES string of the molecule is Brc1ccccc1.CC(C)CNC(=O)O. The maximum Gasteiger partial charge on any atom is 0.404 e. The highest BCUT2D eigenvalue weighted by Gasteiger charge is 1.94. The zero-order valence-corrected chi connectivity index (χ0v) is 10.5. The van der Waals surface area contributed by atoms with Gasteiger partial charge in [0.2, 0.25) is 0 Å². The first-order chi connectivity index (χ1) is 7.02. The van der Waals surface area contributed by atoms with E-state index < -0.39 is 6.09 Å². The molecule has 1 rings (SSSR count). The average molecular weight is 274 g/mol. The van der Waals surface area contributed by atoms with E-state index in [1.54, 1.807) is 0 Å². The molecule has 1 amide bonds. The molecule has 0 saturated heterocycles. The van der Waals surface area contributed by atoms with Gasteiger partial charge in [-0.2, -0.15) is 0 Å². The summed E-state index contributed by atoms with van der Waals surface area (Å²) in [6.07, 6.45) is -0.946. The molecule has 1 aromatic carbocycles. The van der Waals surface area contributed by atoms with Crippen molar-refractivity contribution in [3.8, 4) is 0 Å². The Morgan fingerprint density at radius 3 is 2.13 bits per heavy atom. The second kappa shape index (κ2) is 8.29. The summed E-state index contributed by atoms with van der Waals surface area (Å²) in [4.78, 5) is 9.79. The van der Waals surface area contributed by atoms with Gasteiger partial charge < -0.3 is 10.4 Å². The summed E-state index contributed by atoms with van der Waals surface area (Å²) < 4.78 is 1.13. The highest BCUT2D eigenvalue weighted by molar-refractivity contribution is 9.10. The van der Waals surface area contributed by atoms with Crippen LogP contribution in [0.25, 0.3) is 0 Å². The largest absolute Gasteiger partial charge is 0.465 e. The minimum absolute atomic E-state index is 0.395.